The van der Waals surface area contributed by atoms with E-state index in [0.29, 0.717) is 24.1 Å². The lowest BCUT2D eigenvalue weighted by atomic mass is 9.97. The van der Waals surface area contributed by atoms with Crippen LogP contribution in [0.4, 0.5) is 5.69 Å². The minimum atomic E-state index is -0.239. The van der Waals surface area contributed by atoms with Crippen LogP contribution in [0.3, 0.4) is 0 Å². The van der Waals surface area contributed by atoms with Crippen molar-refractivity contribution in [3.8, 4) is 0 Å². The van der Waals surface area contributed by atoms with E-state index < -0.39 is 0 Å². The summed E-state index contributed by atoms with van der Waals surface area (Å²) in [7, 11) is 0. The molecule has 6 heteroatoms. The Balaban J connectivity index is 1.92. The predicted octanol–water partition coefficient (Wildman–Crippen LogP) is 0.693. The second-order valence-corrected chi connectivity index (χ2v) is 5.16. The van der Waals surface area contributed by atoms with Gasteiger partial charge in [0.05, 0.1) is 11.4 Å². The van der Waals surface area contributed by atoms with Gasteiger partial charge in [0, 0.05) is 13.2 Å². The number of carbonyl (C=O) groups is 1. The van der Waals surface area contributed by atoms with Gasteiger partial charge in [0.25, 0.3) is 5.91 Å². The fourth-order valence-corrected chi connectivity index (χ4v) is 2.76. The Morgan fingerprint density at radius 3 is 2.89 bits per heavy atom. The third-order valence-corrected chi connectivity index (χ3v) is 4.03. The zero-order valence-corrected chi connectivity index (χ0v) is 11.3. The highest BCUT2D eigenvalue weighted by atomic mass is 16.3. The number of hydrogen-bond donors (Lipinski definition) is 4. The molecule has 5 N–H and O–H groups in total. The lowest BCUT2D eigenvalue weighted by molar-refractivity contribution is 0.0933. The molecule has 0 aliphatic heterocycles. The molecule has 1 heterocycles. The van der Waals surface area contributed by atoms with Crippen LogP contribution in [0.2, 0.25) is 0 Å². The van der Waals surface area contributed by atoms with E-state index in [2.05, 4.69) is 15.5 Å². The van der Waals surface area contributed by atoms with Crippen molar-refractivity contribution in [2.24, 2.45) is 11.8 Å². The largest absolute Gasteiger partial charge is 0.396 e. The molecule has 1 fully saturated rings. The molecule has 1 aliphatic rings. The maximum absolute atomic E-state index is 12.0. The first kappa shape index (κ1) is 13.9. The van der Waals surface area contributed by atoms with Gasteiger partial charge in [-0.3, -0.25) is 9.89 Å². The molecule has 0 aromatic carbocycles. The molecule has 1 saturated carbocycles. The molecule has 0 saturated heterocycles. The fourth-order valence-electron chi connectivity index (χ4n) is 2.76. The Morgan fingerprint density at radius 2 is 2.26 bits per heavy atom. The second kappa shape index (κ2) is 6.06. The summed E-state index contributed by atoms with van der Waals surface area (Å²) in [6, 6.07) is 0. The number of aromatic amines is 1. The van der Waals surface area contributed by atoms with Crippen molar-refractivity contribution in [3.05, 3.63) is 11.4 Å². The molecular weight excluding hydrogens is 244 g/mol. The molecule has 2 atom stereocenters. The first-order chi connectivity index (χ1) is 9.17. The normalized spacial score (nSPS) is 22.6. The molecule has 19 heavy (non-hydrogen) atoms. The Kier molecular flexibility index (Phi) is 4.42. The lowest BCUT2D eigenvalue weighted by Crippen LogP contribution is -2.32. The average Bonchev–Trinajstić information content (AvgIpc) is 3.01. The SMILES string of the molecule is CCc1[nH]nc(C(=O)NCC2CCCC2CO)c1N. The van der Waals surface area contributed by atoms with Gasteiger partial charge in [-0.15, -0.1) is 0 Å². The molecule has 1 amide bonds. The van der Waals surface area contributed by atoms with E-state index in [4.69, 9.17) is 5.73 Å². The van der Waals surface area contributed by atoms with E-state index in [9.17, 15) is 9.90 Å². The number of anilines is 1. The number of nitrogens with two attached hydrogens (primary N) is 1. The van der Waals surface area contributed by atoms with E-state index in [0.717, 1.165) is 31.4 Å². The van der Waals surface area contributed by atoms with Crippen LogP contribution in [0.1, 0.15) is 42.4 Å². The van der Waals surface area contributed by atoms with Crippen LogP contribution in [-0.4, -0.2) is 34.4 Å². The highest BCUT2D eigenvalue weighted by Crippen LogP contribution is 2.30. The summed E-state index contributed by atoms with van der Waals surface area (Å²) in [4.78, 5) is 12.0. The molecule has 106 valence electrons. The topological polar surface area (TPSA) is 104 Å². The number of aliphatic hydroxyl groups is 1. The molecule has 6 nitrogen and oxygen atoms in total. The number of H-pyrrole nitrogens is 1. The summed E-state index contributed by atoms with van der Waals surface area (Å²) in [5, 5.41) is 18.9. The van der Waals surface area contributed by atoms with Gasteiger partial charge in [-0.25, -0.2) is 0 Å². The van der Waals surface area contributed by atoms with Crippen molar-refractivity contribution in [3.63, 3.8) is 0 Å². The van der Waals surface area contributed by atoms with E-state index in [1.54, 1.807) is 0 Å². The van der Waals surface area contributed by atoms with Gasteiger partial charge < -0.3 is 16.2 Å². The van der Waals surface area contributed by atoms with Crippen molar-refractivity contribution < 1.29 is 9.90 Å². The Hall–Kier alpha value is -1.56. The van der Waals surface area contributed by atoms with Crippen LogP contribution in [-0.2, 0) is 6.42 Å². The monoisotopic (exact) mass is 266 g/mol. The van der Waals surface area contributed by atoms with E-state index >= 15 is 0 Å². The summed E-state index contributed by atoms with van der Waals surface area (Å²) >= 11 is 0. The number of amides is 1. The van der Waals surface area contributed by atoms with E-state index in [1.807, 2.05) is 6.92 Å². The van der Waals surface area contributed by atoms with Crippen molar-refractivity contribution in [2.45, 2.75) is 32.6 Å². The van der Waals surface area contributed by atoms with Crippen molar-refractivity contribution in [1.29, 1.82) is 0 Å². The molecule has 1 aliphatic carbocycles. The van der Waals surface area contributed by atoms with Gasteiger partial charge in [0.1, 0.15) is 0 Å². The molecule has 0 spiro atoms. The molecular formula is C13H22N4O2. The maximum Gasteiger partial charge on any atom is 0.273 e. The summed E-state index contributed by atoms with van der Waals surface area (Å²) in [5.41, 5.74) is 7.36. The Bertz CT molecular complexity index is 444. The van der Waals surface area contributed by atoms with Crippen LogP contribution < -0.4 is 11.1 Å². The van der Waals surface area contributed by atoms with Crippen LogP contribution in [0, 0.1) is 11.8 Å². The summed E-state index contributed by atoms with van der Waals surface area (Å²) in [6.45, 7) is 2.73. The number of nitrogens with zero attached hydrogens (tertiary/aromatic N) is 1. The van der Waals surface area contributed by atoms with E-state index in [-0.39, 0.29) is 18.2 Å². The highest BCUT2D eigenvalue weighted by Gasteiger charge is 2.27. The zero-order chi connectivity index (χ0) is 13.8. The van der Waals surface area contributed by atoms with E-state index in [1.165, 1.54) is 0 Å². The molecule has 2 unspecified atom stereocenters. The minimum absolute atomic E-state index is 0.199. The minimum Gasteiger partial charge on any atom is -0.396 e. The number of rotatable bonds is 5. The van der Waals surface area contributed by atoms with Crippen LogP contribution in [0.5, 0.6) is 0 Å². The standard InChI is InChI=1S/C13H22N4O2/c1-2-10-11(14)12(17-16-10)13(19)15-6-8-4-3-5-9(8)7-18/h8-9,18H,2-7,14H2,1H3,(H,15,19)(H,16,17). The highest BCUT2D eigenvalue weighted by molar-refractivity contribution is 5.97. The van der Waals surface area contributed by atoms with Crippen molar-refractivity contribution in [1.82, 2.24) is 15.5 Å². The Labute approximate surface area is 112 Å². The molecule has 2 rings (SSSR count). The smallest absolute Gasteiger partial charge is 0.273 e. The number of nitrogens with one attached hydrogen (secondary N) is 2. The number of carbonyl (C=O) groups excluding carboxylic acids is 1. The summed E-state index contributed by atoms with van der Waals surface area (Å²) in [6.07, 6.45) is 3.95. The van der Waals surface area contributed by atoms with Crippen molar-refractivity contribution >= 4 is 11.6 Å². The van der Waals surface area contributed by atoms with Crippen LogP contribution in [0.25, 0.3) is 0 Å². The first-order valence-electron chi connectivity index (χ1n) is 6.89. The van der Waals surface area contributed by atoms with Gasteiger partial charge in [0.2, 0.25) is 0 Å². The third-order valence-electron chi connectivity index (χ3n) is 4.03. The van der Waals surface area contributed by atoms with Crippen LogP contribution >= 0.6 is 0 Å². The van der Waals surface area contributed by atoms with Gasteiger partial charge in [-0.2, -0.15) is 5.10 Å². The third kappa shape index (κ3) is 2.89. The molecule has 1 aromatic heterocycles. The van der Waals surface area contributed by atoms with Crippen LogP contribution in [0.15, 0.2) is 0 Å². The second-order valence-electron chi connectivity index (χ2n) is 5.16. The first-order valence-corrected chi connectivity index (χ1v) is 6.89. The number of aryl methyl sites for hydroxylation is 1. The summed E-state index contributed by atoms with van der Waals surface area (Å²) in [5.74, 6) is 0.430. The molecule has 1 aromatic rings. The molecule has 0 radical (unpaired) electrons. The predicted molar refractivity (Wildman–Crippen MR) is 72.6 cm³/mol. The number of nitrogen functional groups attached to an aromatic ring is 1. The van der Waals surface area contributed by atoms with Gasteiger partial charge in [0.15, 0.2) is 5.69 Å². The summed E-state index contributed by atoms with van der Waals surface area (Å²) < 4.78 is 0. The number of aliphatic hydroxyl groups excluding tert-OH is 1. The lowest BCUT2D eigenvalue weighted by Gasteiger charge is -2.17. The number of hydrogen-bond acceptors (Lipinski definition) is 4. The number of aromatic nitrogens is 2. The zero-order valence-electron chi connectivity index (χ0n) is 11.3. The van der Waals surface area contributed by atoms with Gasteiger partial charge >= 0.3 is 0 Å². The van der Waals surface area contributed by atoms with Gasteiger partial charge in [-0.1, -0.05) is 13.3 Å². The maximum atomic E-state index is 12.0. The quantitative estimate of drug-likeness (QED) is 0.629. The Morgan fingerprint density at radius 1 is 1.53 bits per heavy atom. The van der Waals surface area contributed by atoms with Gasteiger partial charge in [-0.05, 0) is 31.1 Å². The average molecular weight is 266 g/mol. The molecule has 0 bridgehead atoms. The fraction of sp³-hybridized carbons (Fsp3) is 0.692. The van der Waals surface area contributed by atoms with Crippen molar-refractivity contribution in [2.75, 3.05) is 18.9 Å².